The number of rotatable bonds is 3. The summed E-state index contributed by atoms with van der Waals surface area (Å²) in [5.74, 6) is 1.18. The Kier molecular flexibility index (Phi) is 2.90. The zero-order valence-corrected chi connectivity index (χ0v) is 8.75. The van der Waals surface area contributed by atoms with E-state index < -0.39 is 0 Å². The minimum atomic E-state index is 0.440. The Morgan fingerprint density at radius 2 is 2.21 bits per heavy atom. The maximum atomic E-state index is 5.42. The summed E-state index contributed by atoms with van der Waals surface area (Å²) in [7, 11) is 0. The normalized spacial score (nSPS) is 10.3. The van der Waals surface area contributed by atoms with Gasteiger partial charge in [-0.15, -0.1) is 0 Å². The van der Waals surface area contributed by atoms with E-state index in [0.717, 1.165) is 15.8 Å². The molecule has 0 unspecified atom stereocenters. The lowest BCUT2D eigenvalue weighted by molar-refractivity contribution is 1.10. The van der Waals surface area contributed by atoms with Crippen molar-refractivity contribution < 1.29 is 0 Å². The molecule has 2 heterocycles. The fourth-order valence-corrected chi connectivity index (χ4v) is 2.14. The third kappa shape index (κ3) is 2.39. The summed E-state index contributed by atoms with van der Waals surface area (Å²) in [5.41, 5.74) is 6.31. The summed E-state index contributed by atoms with van der Waals surface area (Å²) in [6, 6.07) is 0. The van der Waals surface area contributed by atoms with Crippen LogP contribution >= 0.6 is 23.3 Å². The van der Waals surface area contributed by atoms with Crippen LogP contribution in [0.4, 0.5) is 5.82 Å². The number of hydrogen-bond donors (Lipinski definition) is 1. The van der Waals surface area contributed by atoms with E-state index in [0.29, 0.717) is 5.82 Å². The van der Waals surface area contributed by atoms with Gasteiger partial charge in [0.15, 0.2) is 4.34 Å². The first-order valence-electron chi connectivity index (χ1n) is 3.80. The van der Waals surface area contributed by atoms with Gasteiger partial charge < -0.3 is 5.73 Å². The van der Waals surface area contributed by atoms with E-state index >= 15 is 0 Å². The number of nitrogen functional groups attached to an aromatic ring is 1. The van der Waals surface area contributed by atoms with Crippen LogP contribution in [-0.4, -0.2) is 19.3 Å². The molecule has 0 saturated carbocycles. The number of thioether (sulfide) groups is 1. The van der Waals surface area contributed by atoms with E-state index in [4.69, 9.17) is 5.73 Å². The van der Waals surface area contributed by atoms with Crippen molar-refractivity contribution in [3.8, 4) is 0 Å². The van der Waals surface area contributed by atoms with Gasteiger partial charge in [0.25, 0.3) is 0 Å². The number of aromatic nitrogens is 4. The van der Waals surface area contributed by atoms with Crippen LogP contribution in [0.3, 0.4) is 0 Å². The number of anilines is 1. The van der Waals surface area contributed by atoms with E-state index in [1.165, 1.54) is 11.5 Å². The molecule has 0 aromatic carbocycles. The molecule has 0 radical (unpaired) electrons. The van der Waals surface area contributed by atoms with Crippen molar-refractivity contribution in [3.05, 3.63) is 24.4 Å². The Balaban J connectivity index is 1.95. The summed E-state index contributed by atoms with van der Waals surface area (Å²) in [6.07, 6.45) is 4.76. The molecular weight excluding hydrogens is 218 g/mol. The molecule has 2 aromatic heterocycles. The highest BCUT2D eigenvalue weighted by Crippen LogP contribution is 2.21. The summed E-state index contributed by atoms with van der Waals surface area (Å²) in [5, 5.41) is 0. The maximum absolute atomic E-state index is 5.42. The lowest BCUT2D eigenvalue weighted by atomic mass is 10.5. The van der Waals surface area contributed by atoms with E-state index in [-0.39, 0.29) is 0 Å². The van der Waals surface area contributed by atoms with Crippen LogP contribution in [0.15, 0.2) is 23.1 Å². The molecule has 0 bridgehead atoms. The van der Waals surface area contributed by atoms with Crippen LogP contribution in [0.5, 0.6) is 0 Å². The molecule has 7 heteroatoms. The van der Waals surface area contributed by atoms with Crippen LogP contribution in [0.1, 0.15) is 5.69 Å². The Morgan fingerprint density at radius 3 is 2.86 bits per heavy atom. The quantitative estimate of drug-likeness (QED) is 0.791. The van der Waals surface area contributed by atoms with Crippen LogP contribution in [-0.2, 0) is 5.75 Å². The molecule has 0 atom stereocenters. The third-order valence-electron chi connectivity index (χ3n) is 1.41. The lowest BCUT2D eigenvalue weighted by Crippen LogP contribution is -1.94. The van der Waals surface area contributed by atoms with Gasteiger partial charge in [-0.05, 0) is 11.5 Å². The maximum Gasteiger partial charge on any atom is 0.170 e. The Labute approximate surface area is 89.0 Å². The van der Waals surface area contributed by atoms with Crippen molar-refractivity contribution in [2.75, 3.05) is 5.73 Å². The second-order valence-electron chi connectivity index (χ2n) is 2.43. The van der Waals surface area contributed by atoms with Gasteiger partial charge in [0.2, 0.25) is 0 Å². The van der Waals surface area contributed by atoms with Gasteiger partial charge in [-0.1, -0.05) is 11.8 Å². The molecule has 0 aliphatic carbocycles. The van der Waals surface area contributed by atoms with Crippen molar-refractivity contribution >= 4 is 29.1 Å². The highest BCUT2D eigenvalue weighted by atomic mass is 32.2. The third-order valence-corrected chi connectivity index (χ3v) is 3.24. The monoisotopic (exact) mass is 225 g/mol. The Morgan fingerprint density at radius 1 is 1.29 bits per heavy atom. The smallest absolute Gasteiger partial charge is 0.170 e. The van der Waals surface area contributed by atoms with E-state index in [1.54, 1.807) is 30.5 Å². The summed E-state index contributed by atoms with van der Waals surface area (Å²) < 4.78 is 4.84. The first kappa shape index (κ1) is 9.35. The molecule has 14 heavy (non-hydrogen) atoms. The largest absolute Gasteiger partial charge is 0.382 e. The molecule has 0 amide bonds. The van der Waals surface area contributed by atoms with Crippen LogP contribution in [0, 0.1) is 0 Å². The van der Waals surface area contributed by atoms with Crippen molar-refractivity contribution in [1.82, 2.24) is 19.3 Å². The van der Waals surface area contributed by atoms with E-state index in [2.05, 4.69) is 19.3 Å². The summed E-state index contributed by atoms with van der Waals surface area (Å²) in [6.45, 7) is 0. The predicted octanol–water partition coefficient (Wildman–Crippen LogP) is 1.20. The molecule has 0 fully saturated rings. The van der Waals surface area contributed by atoms with Crippen molar-refractivity contribution in [2.45, 2.75) is 10.1 Å². The average molecular weight is 225 g/mol. The summed E-state index contributed by atoms with van der Waals surface area (Å²) >= 11 is 2.96. The SMILES string of the molecule is Nc1cnc(CSc2ncns2)cn1. The molecule has 0 aliphatic heterocycles. The summed E-state index contributed by atoms with van der Waals surface area (Å²) in [4.78, 5) is 12.1. The molecule has 5 nitrogen and oxygen atoms in total. The Hall–Kier alpha value is -1.21. The van der Waals surface area contributed by atoms with Crippen LogP contribution in [0.2, 0.25) is 0 Å². The van der Waals surface area contributed by atoms with Gasteiger partial charge in [0.1, 0.15) is 12.1 Å². The standard InChI is InChI=1S/C7H7N5S2/c8-6-2-9-5(1-10-6)3-13-7-11-4-12-14-7/h1-2,4H,3H2,(H2,8,10). The predicted molar refractivity (Wildman–Crippen MR) is 55.9 cm³/mol. The topological polar surface area (TPSA) is 77.6 Å². The second-order valence-corrected chi connectivity index (χ2v) is 4.43. The second kappa shape index (κ2) is 4.34. The zero-order chi connectivity index (χ0) is 9.80. The van der Waals surface area contributed by atoms with Gasteiger partial charge in [-0.3, -0.25) is 4.98 Å². The zero-order valence-electron chi connectivity index (χ0n) is 7.12. The van der Waals surface area contributed by atoms with Gasteiger partial charge in [0.05, 0.1) is 18.1 Å². The Bertz CT molecular complexity index is 385. The van der Waals surface area contributed by atoms with Gasteiger partial charge >= 0.3 is 0 Å². The van der Waals surface area contributed by atoms with Gasteiger partial charge in [-0.25, -0.2) is 9.97 Å². The van der Waals surface area contributed by atoms with Gasteiger partial charge in [0, 0.05) is 5.75 Å². The minimum Gasteiger partial charge on any atom is -0.382 e. The van der Waals surface area contributed by atoms with Crippen molar-refractivity contribution in [3.63, 3.8) is 0 Å². The average Bonchev–Trinajstić information content (AvgIpc) is 2.70. The lowest BCUT2D eigenvalue weighted by Gasteiger charge is -1.97. The van der Waals surface area contributed by atoms with Crippen LogP contribution < -0.4 is 5.73 Å². The van der Waals surface area contributed by atoms with Crippen molar-refractivity contribution in [2.24, 2.45) is 0 Å². The molecule has 0 saturated heterocycles. The molecule has 2 N–H and O–H groups in total. The molecule has 0 aliphatic rings. The highest BCUT2D eigenvalue weighted by Gasteiger charge is 2.00. The van der Waals surface area contributed by atoms with E-state index in [9.17, 15) is 0 Å². The molecular formula is C7H7N5S2. The molecule has 0 spiro atoms. The van der Waals surface area contributed by atoms with Crippen LogP contribution in [0.25, 0.3) is 0 Å². The minimum absolute atomic E-state index is 0.440. The van der Waals surface area contributed by atoms with E-state index in [1.807, 2.05) is 0 Å². The van der Waals surface area contributed by atoms with Crippen molar-refractivity contribution in [1.29, 1.82) is 0 Å². The molecule has 72 valence electrons. The molecule has 2 aromatic rings. The first-order valence-corrected chi connectivity index (χ1v) is 5.56. The number of nitrogens with two attached hydrogens (primary N) is 1. The highest BCUT2D eigenvalue weighted by molar-refractivity contribution is 8.00. The number of hydrogen-bond acceptors (Lipinski definition) is 7. The fourth-order valence-electron chi connectivity index (χ4n) is 0.802. The first-order chi connectivity index (χ1) is 6.84. The van der Waals surface area contributed by atoms with Gasteiger partial charge in [-0.2, -0.15) is 4.37 Å². The number of nitrogens with zero attached hydrogens (tertiary/aromatic N) is 4. The molecule has 2 rings (SSSR count). The fraction of sp³-hybridized carbons (Fsp3) is 0.143.